The van der Waals surface area contributed by atoms with Crippen molar-refractivity contribution in [2.75, 3.05) is 6.54 Å². The van der Waals surface area contributed by atoms with Crippen LogP contribution in [-0.4, -0.2) is 18.5 Å². The SMILES string of the molecule is CC(=O)CN=Cc1ccc(Cl)cc1C. The first-order chi connectivity index (χ1) is 6.59. The van der Waals surface area contributed by atoms with E-state index in [1.807, 2.05) is 25.1 Å². The zero-order valence-corrected chi connectivity index (χ0v) is 9.01. The maximum Gasteiger partial charge on any atom is 0.151 e. The fourth-order valence-corrected chi connectivity index (χ4v) is 1.28. The summed E-state index contributed by atoms with van der Waals surface area (Å²) in [6.45, 7) is 3.72. The smallest absolute Gasteiger partial charge is 0.151 e. The molecule has 0 N–H and O–H groups in total. The Bertz CT molecular complexity index is 372. The second kappa shape index (κ2) is 4.91. The highest BCUT2D eigenvalue weighted by molar-refractivity contribution is 6.30. The van der Waals surface area contributed by atoms with Crippen LogP contribution in [0.15, 0.2) is 23.2 Å². The zero-order valence-electron chi connectivity index (χ0n) is 8.25. The summed E-state index contributed by atoms with van der Waals surface area (Å²) in [7, 11) is 0. The third kappa shape index (κ3) is 3.30. The van der Waals surface area contributed by atoms with Gasteiger partial charge in [-0.05, 0) is 37.1 Å². The van der Waals surface area contributed by atoms with Gasteiger partial charge in [0.25, 0.3) is 0 Å². The summed E-state index contributed by atoms with van der Waals surface area (Å²) in [4.78, 5) is 14.7. The number of rotatable bonds is 3. The molecule has 0 atom stereocenters. The van der Waals surface area contributed by atoms with Crippen LogP contribution < -0.4 is 0 Å². The molecule has 0 aromatic heterocycles. The topological polar surface area (TPSA) is 29.4 Å². The molecule has 0 amide bonds. The number of aliphatic imine (C=N–C) groups is 1. The summed E-state index contributed by atoms with van der Waals surface area (Å²) < 4.78 is 0. The minimum atomic E-state index is 0.0628. The highest BCUT2D eigenvalue weighted by Gasteiger charge is 1.95. The zero-order chi connectivity index (χ0) is 10.6. The van der Waals surface area contributed by atoms with E-state index in [0.29, 0.717) is 5.02 Å². The Morgan fingerprint density at radius 3 is 2.86 bits per heavy atom. The molecule has 0 spiro atoms. The molecule has 0 aliphatic heterocycles. The lowest BCUT2D eigenvalue weighted by Gasteiger charge is -1.99. The van der Waals surface area contributed by atoms with Crippen LogP contribution in [0.4, 0.5) is 0 Å². The van der Waals surface area contributed by atoms with Gasteiger partial charge in [-0.15, -0.1) is 0 Å². The lowest BCUT2D eigenvalue weighted by molar-refractivity contribution is -0.115. The van der Waals surface area contributed by atoms with Crippen LogP contribution in [0, 0.1) is 6.92 Å². The Morgan fingerprint density at radius 1 is 1.57 bits per heavy atom. The summed E-state index contributed by atoms with van der Waals surface area (Å²) in [6, 6.07) is 5.57. The molecule has 0 radical (unpaired) electrons. The Hall–Kier alpha value is -1.15. The molecule has 0 aliphatic carbocycles. The monoisotopic (exact) mass is 209 g/mol. The van der Waals surface area contributed by atoms with Crippen LogP contribution in [0.1, 0.15) is 18.1 Å². The van der Waals surface area contributed by atoms with E-state index in [1.165, 1.54) is 6.92 Å². The van der Waals surface area contributed by atoms with E-state index in [9.17, 15) is 4.79 Å². The molecule has 1 rings (SSSR count). The van der Waals surface area contributed by atoms with E-state index in [-0.39, 0.29) is 12.3 Å². The van der Waals surface area contributed by atoms with Crippen molar-refractivity contribution >= 4 is 23.6 Å². The maximum atomic E-state index is 10.6. The molecular formula is C11H12ClNO. The number of halogens is 1. The lowest BCUT2D eigenvalue weighted by Crippen LogP contribution is -1.96. The van der Waals surface area contributed by atoms with Gasteiger partial charge in [0.2, 0.25) is 0 Å². The third-order valence-electron chi connectivity index (χ3n) is 1.78. The van der Waals surface area contributed by atoms with E-state index in [4.69, 9.17) is 11.6 Å². The number of carbonyl (C=O) groups excluding carboxylic acids is 1. The first kappa shape index (κ1) is 10.9. The number of aryl methyl sites for hydroxylation is 1. The van der Waals surface area contributed by atoms with Crippen molar-refractivity contribution in [1.29, 1.82) is 0 Å². The second-order valence-corrected chi connectivity index (χ2v) is 3.61. The Balaban J connectivity index is 2.76. The van der Waals surface area contributed by atoms with Gasteiger partial charge in [-0.1, -0.05) is 17.7 Å². The van der Waals surface area contributed by atoms with Crippen molar-refractivity contribution in [2.24, 2.45) is 4.99 Å². The largest absolute Gasteiger partial charge is 0.298 e. The van der Waals surface area contributed by atoms with Gasteiger partial charge in [0.15, 0.2) is 5.78 Å². The number of carbonyl (C=O) groups is 1. The number of benzene rings is 1. The van der Waals surface area contributed by atoms with E-state index < -0.39 is 0 Å². The van der Waals surface area contributed by atoms with Crippen LogP contribution in [0.2, 0.25) is 5.02 Å². The lowest BCUT2D eigenvalue weighted by atomic mass is 10.1. The van der Waals surface area contributed by atoms with Crippen molar-refractivity contribution in [1.82, 2.24) is 0 Å². The van der Waals surface area contributed by atoms with Crippen molar-refractivity contribution in [2.45, 2.75) is 13.8 Å². The van der Waals surface area contributed by atoms with E-state index in [2.05, 4.69) is 4.99 Å². The number of ketones is 1. The average Bonchev–Trinajstić information content (AvgIpc) is 2.08. The molecule has 0 saturated carbocycles. The average molecular weight is 210 g/mol. The van der Waals surface area contributed by atoms with Crippen LogP contribution in [-0.2, 0) is 4.79 Å². The third-order valence-corrected chi connectivity index (χ3v) is 2.01. The molecule has 14 heavy (non-hydrogen) atoms. The van der Waals surface area contributed by atoms with E-state index in [0.717, 1.165) is 11.1 Å². The molecule has 2 nitrogen and oxygen atoms in total. The molecule has 1 aromatic carbocycles. The first-order valence-corrected chi connectivity index (χ1v) is 4.73. The van der Waals surface area contributed by atoms with Gasteiger partial charge in [0.05, 0.1) is 6.54 Å². The van der Waals surface area contributed by atoms with Gasteiger partial charge >= 0.3 is 0 Å². The molecule has 1 aromatic rings. The molecule has 3 heteroatoms. The number of hydrogen-bond donors (Lipinski definition) is 0. The standard InChI is InChI=1S/C11H12ClNO/c1-8-5-11(12)4-3-10(8)7-13-6-9(2)14/h3-5,7H,6H2,1-2H3. The summed E-state index contributed by atoms with van der Waals surface area (Å²) in [5, 5.41) is 0.714. The van der Waals surface area contributed by atoms with Gasteiger partial charge in [-0.25, -0.2) is 0 Å². The van der Waals surface area contributed by atoms with Crippen LogP contribution in [0.5, 0.6) is 0 Å². The maximum absolute atomic E-state index is 10.6. The number of hydrogen-bond acceptors (Lipinski definition) is 2. The summed E-state index contributed by atoms with van der Waals surface area (Å²) >= 11 is 5.80. The molecule has 0 heterocycles. The molecule has 74 valence electrons. The first-order valence-electron chi connectivity index (χ1n) is 4.35. The van der Waals surface area contributed by atoms with Crippen LogP contribution in [0.3, 0.4) is 0 Å². The minimum Gasteiger partial charge on any atom is -0.298 e. The van der Waals surface area contributed by atoms with Gasteiger partial charge in [-0.3, -0.25) is 9.79 Å². The normalized spacial score (nSPS) is 10.8. The Kier molecular flexibility index (Phi) is 3.84. The second-order valence-electron chi connectivity index (χ2n) is 3.17. The predicted molar refractivity (Wildman–Crippen MR) is 59.3 cm³/mol. The Labute approximate surface area is 88.6 Å². The molecule has 0 fully saturated rings. The molecule has 0 unspecified atom stereocenters. The van der Waals surface area contributed by atoms with Gasteiger partial charge in [-0.2, -0.15) is 0 Å². The molecular weight excluding hydrogens is 198 g/mol. The van der Waals surface area contributed by atoms with Crippen LogP contribution >= 0.6 is 11.6 Å². The van der Waals surface area contributed by atoms with E-state index in [1.54, 1.807) is 6.21 Å². The number of Topliss-reactive ketones (excluding diaryl/α,β-unsaturated/α-hetero) is 1. The predicted octanol–water partition coefficient (Wildman–Crippen LogP) is 2.66. The molecule has 0 saturated heterocycles. The van der Waals surface area contributed by atoms with Crippen molar-refractivity contribution in [3.05, 3.63) is 34.3 Å². The van der Waals surface area contributed by atoms with E-state index >= 15 is 0 Å². The van der Waals surface area contributed by atoms with Crippen LogP contribution in [0.25, 0.3) is 0 Å². The van der Waals surface area contributed by atoms with Gasteiger partial charge < -0.3 is 0 Å². The summed E-state index contributed by atoms with van der Waals surface area (Å²) in [6.07, 6.45) is 1.70. The van der Waals surface area contributed by atoms with Gasteiger partial charge in [0, 0.05) is 11.2 Å². The van der Waals surface area contributed by atoms with Crippen molar-refractivity contribution in [3.63, 3.8) is 0 Å². The van der Waals surface area contributed by atoms with Crippen molar-refractivity contribution < 1.29 is 4.79 Å². The fourth-order valence-electron chi connectivity index (χ4n) is 1.06. The highest BCUT2D eigenvalue weighted by Crippen LogP contribution is 2.13. The molecule has 0 aliphatic rings. The van der Waals surface area contributed by atoms with Gasteiger partial charge in [0.1, 0.15) is 0 Å². The quantitative estimate of drug-likeness (QED) is 0.704. The Morgan fingerprint density at radius 2 is 2.29 bits per heavy atom. The number of nitrogens with zero attached hydrogens (tertiary/aromatic N) is 1. The minimum absolute atomic E-state index is 0.0628. The molecule has 0 bridgehead atoms. The highest BCUT2D eigenvalue weighted by atomic mass is 35.5. The fraction of sp³-hybridized carbons (Fsp3) is 0.273. The summed E-state index contributed by atoms with van der Waals surface area (Å²) in [5.74, 6) is 0.0628. The van der Waals surface area contributed by atoms with Crippen molar-refractivity contribution in [3.8, 4) is 0 Å². The summed E-state index contributed by atoms with van der Waals surface area (Å²) in [5.41, 5.74) is 2.06.